The van der Waals surface area contributed by atoms with Crippen LogP contribution in [0.1, 0.15) is 23.1 Å². The fourth-order valence-electron chi connectivity index (χ4n) is 3.99. The van der Waals surface area contributed by atoms with Crippen molar-refractivity contribution in [2.45, 2.75) is 36.7 Å². The van der Waals surface area contributed by atoms with Crippen molar-refractivity contribution in [1.29, 1.82) is 0 Å². The van der Waals surface area contributed by atoms with Crippen molar-refractivity contribution in [3.8, 4) is 0 Å². The highest BCUT2D eigenvalue weighted by Gasteiger charge is 2.21. The molecular weight excluding hydrogens is 438 g/mol. The fraction of sp³-hybridized carbons (Fsp3) is 0.250. The summed E-state index contributed by atoms with van der Waals surface area (Å²) < 4.78 is 38.2. The first-order chi connectivity index (χ1) is 14.9. The van der Waals surface area contributed by atoms with Crippen LogP contribution < -0.4 is 16.2 Å². The second-order valence-electron chi connectivity index (χ2n) is 7.49. The Kier molecular flexibility index (Phi) is 4.88. The molecule has 2 aromatic carbocycles. The van der Waals surface area contributed by atoms with Crippen molar-refractivity contribution in [2.75, 3.05) is 4.72 Å². The summed E-state index contributed by atoms with van der Waals surface area (Å²) in [4.78, 5) is 16.4. The molecule has 0 aliphatic heterocycles. The van der Waals surface area contributed by atoms with E-state index in [1.54, 1.807) is 6.07 Å². The first-order valence-corrected chi connectivity index (χ1v) is 11.9. The highest BCUT2D eigenvalue weighted by atomic mass is 32.2. The van der Waals surface area contributed by atoms with Gasteiger partial charge in [-0.3, -0.25) is 9.29 Å². The minimum absolute atomic E-state index is 0.0258. The van der Waals surface area contributed by atoms with Gasteiger partial charge in [-0.2, -0.15) is 4.37 Å². The predicted octanol–water partition coefficient (Wildman–Crippen LogP) is 2.11. The Morgan fingerprint density at radius 1 is 1.29 bits per heavy atom. The minimum Gasteiger partial charge on any atom is -0.408 e. The molecule has 0 radical (unpaired) electrons. The first-order valence-electron chi connectivity index (χ1n) is 9.69. The average molecular weight is 458 g/mol. The molecule has 2 aromatic heterocycles. The van der Waals surface area contributed by atoms with Crippen molar-refractivity contribution >= 4 is 37.8 Å². The summed E-state index contributed by atoms with van der Waals surface area (Å²) in [7, 11) is -3.88. The Hall–Kier alpha value is -3.02. The van der Waals surface area contributed by atoms with Gasteiger partial charge in [0.25, 0.3) is 10.0 Å². The quantitative estimate of drug-likeness (QED) is 0.469. The highest BCUT2D eigenvalue weighted by molar-refractivity contribution is 7.93. The zero-order valence-electron chi connectivity index (χ0n) is 16.3. The molecule has 1 aliphatic carbocycles. The fourth-order valence-corrected chi connectivity index (χ4v) is 5.66. The van der Waals surface area contributed by atoms with Crippen molar-refractivity contribution in [1.82, 2.24) is 13.9 Å². The number of nitrogens with one attached hydrogen (secondary N) is 1. The van der Waals surface area contributed by atoms with E-state index in [4.69, 9.17) is 10.2 Å². The molecule has 5 rings (SSSR count). The average Bonchev–Trinajstić information content (AvgIpc) is 3.34. The molecule has 0 amide bonds. The lowest BCUT2D eigenvalue weighted by Crippen LogP contribution is -2.28. The normalized spacial score (nSPS) is 16.4. The van der Waals surface area contributed by atoms with Crippen LogP contribution in [0.3, 0.4) is 0 Å². The Morgan fingerprint density at radius 3 is 2.97 bits per heavy atom. The van der Waals surface area contributed by atoms with Gasteiger partial charge in [0.2, 0.25) is 5.13 Å². The molecular formula is C20H19N5O4S2. The summed E-state index contributed by atoms with van der Waals surface area (Å²) in [6, 6.07) is 10.6. The van der Waals surface area contributed by atoms with Gasteiger partial charge < -0.3 is 10.2 Å². The monoisotopic (exact) mass is 457 g/mol. The molecule has 3 N–H and O–H groups in total. The van der Waals surface area contributed by atoms with E-state index in [0.717, 1.165) is 36.4 Å². The number of benzene rings is 2. The Balaban J connectivity index is 1.50. The second-order valence-corrected chi connectivity index (χ2v) is 9.96. The van der Waals surface area contributed by atoms with E-state index in [9.17, 15) is 13.2 Å². The molecule has 1 aliphatic rings. The van der Waals surface area contributed by atoms with Gasteiger partial charge in [-0.25, -0.2) is 18.2 Å². The van der Waals surface area contributed by atoms with Crippen LogP contribution in [0.25, 0.3) is 11.1 Å². The third-order valence-corrected chi connectivity index (χ3v) is 7.52. The summed E-state index contributed by atoms with van der Waals surface area (Å²) in [5.41, 5.74) is 10.3. The molecule has 2 heterocycles. The Morgan fingerprint density at radius 2 is 2.16 bits per heavy atom. The number of nitrogens with two attached hydrogens (primary N) is 1. The van der Waals surface area contributed by atoms with Crippen LogP contribution >= 0.6 is 11.5 Å². The number of fused-ring (bicyclic) bond motifs is 2. The topological polar surface area (TPSA) is 133 Å². The largest absolute Gasteiger partial charge is 0.420 e. The molecule has 9 nitrogen and oxygen atoms in total. The van der Waals surface area contributed by atoms with Crippen LogP contribution in [0.2, 0.25) is 0 Å². The van der Waals surface area contributed by atoms with Crippen LogP contribution in [0.15, 0.2) is 56.8 Å². The van der Waals surface area contributed by atoms with Gasteiger partial charge in [0, 0.05) is 23.6 Å². The number of hydrogen-bond acceptors (Lipinski definition) is 8. The number of hydrogen-bond donors (Lipinski definition) is 2. The predicted molar refractivity (Wildman–Crippen MR) is 117 cm³/mol. The summed E-state index contributed by atoms with van der Waals surface area (Å²) in [6.45, 7) is 0.347. The van der Waals surface area contributed by atoms with Crippen LogP contribution in [-0.4, -0.2) is 28.4 Å². The number of anilines is 1. The summed E-state index contributed by atoms with van der Waals surface area (Å²) in [6.07, 6.45) is 3.87. The van der Waals surface area contributed by atoms with E-state index in [1.165, 1.54) is 34.2 Å². The number of rotatable bonds is 5. The molecule has 1 atom stereocenters. The van der Waals surface area contributed by atoms with Crippen molar-refractivity contribution in [3.63, 3.8) is 0 Å². The molecule has 0 bridgehead atoms. The van der Waals surface area contributed by atoms with Crippen molar-refractivity contribution < 1.29 is 12.8 Å². The molecule has 160 valence electrons. The lowest BCUT2D eigenvalue weighted by Gasteiger charge is -2.23. The number of sulfonamides is 1. The number of aromatic nitrogens is 3. The molecule has 1 unspecified atom stereocenters. The van der Waals surface area contributed by atoms with E-state index >= 15 is 0 Å². The van der Waals surface area contributed by atoms with E-state index in [-0.39, 0.29) is 21.7 Å². The van der Waals surface area contributed by atoms with Crippen LogP contribution in [0.5, 0.6) is 0 Å². The van der Waals surface area contributed by atoms with Gasteiger partial charge in [0.05, 0.1) is 17.0 Å². The van der Waals surface area contributed by atoms with Gasteiger partial charge in [-0.15, -0.1) is 0 Å². The first kappa shape index (κ1) is 19.9. The number of nitrogens with zero attached hydrogens (tertiary/aromatic N) is 3. The molecule has 31 heavy (non-hydrogen) atoms. The standard InChI is InChI=1S/C20H19N5O4S2/c21-14-4-6-16-12(8-14)2-1-3-13(16)10-25-17-7-5-15(9-18(17)29-20(25)26)31(27,28)24-19-22-11-23-30-19/h1-3,5,7,9,11,14H,4,6,8,10,21H2,(H,22,23,24). The maximum atomic E-state index is 12.6. The zero-order chi connectivity index (χ0) is 21.6. The van der Waals surface area contributed by atoms with Gasteiger partial charge in [-0.05, 0) is 48.1 Å². The summed E-state index contributed by atoms with van der Waals surface area (Å²) in [5, 5.41) is 0.160. The molecule has 11 heteroatoms. The maximum absolute atomic E-state index is 12.6. The van der Waals surface area contributed by atoms with Gasteiger partial charge >= 0.3 is 5.76 Å². The van der Waals surface area contributed by atoms with E-state index < -0.39 is 15.8 Å². The third kappa shape index (κ3) is 3.75. The summed E-state index contributed by atoms with van der Waals surface area (Å²) >= 11 is 0.930. The highest BCUT2D eigenvalue weighted by Crippen LogP contribution is 2.26. The molecule has 0 saturated heterocycles. The summed E-state index contributed by atoms with van der Waals surface area (Å²) in [5.74, 6) is -0.535. The van der Waals surface area contributed by atoms with Crippen molar-refractivity contribution in [2.24, 2.45) is 5.73 Å². The Bertz CT molecular complexity index is 1420. The lowest BCUT2D eigenvalue weighted by atomic mass is 9.86. The molecule has 0 saturated carbocycles. The maximum Gasteiger partial charge on any atom is 0.420 e. The van der Waals surface area contributed by atoms with E-state index in [0.29, 0.717) is 12.1 Å². The van der Waals surface area contributed by atoms with Crippen LogP contribution in [0, 0.1) is 0 Å². The second kappa shape index (κ2) is 7.59. The van der Waals surface area contributed by atoms with Gasteiger partial charge in [-0.1, -0.05) is 18.2 Å². The van der Waals surface area contributed by atoms with E-state index in [1.807, 2.05) is 12.1 Å². The van der Waals surface area contributed by atoms with E-state index in [2.05, 4.69) is 20.1 Å². The van der Waals surface area contributed by atoms with Gasteiger partial charge in [0.1, 0.15) is 6.33 Å². The minimum atomic E-state index is -3.88. The lowest BCUT2D eigenvalue weighted by molar-refractivity contribution is 0.514. The van der Waals surface area contributed by atoms with Crippen molar-refractivity contribution in [3.05, 3.63) is 70.0 Å². The van der Waals surface area contributed by atoms with Gasteiger partial charge in [0.15, 0.2) is 5.58 Å². The molecule has 0 spiro atoms. The zero-order valence-corrected chi connectivity index (χ0v) is 17.9. The SMILES string of the molecule is NC1CCc2c(cccc2Cn2c(=O)oc3cc(S(=O)(=O)Nc4ncns4)ccc32)C1. The Labute approximate surface area is 181 Å². The van der Waals surface area contributed by atoms with Crippen LogP contribution in [-0.2, 0) is 29.4 Å². The third-order valence-electron chi connectivity index (χ3n) is 5.48. The molecule has 0 fully saturated rings. The molecule has 4 aromatic rings. The number of oxazole rings is 1. The van der Waals surface area contributed by atoms with Crippen LogP contribution in [0.4, 0.5) is 5.13 Å². The smallest absolute Gasteiger partial charge is 0.408 e.